The lowest BCUT2D eigenvalue weighted by molar-refractivity contribution is -0.134. The van der Waals surface area contributed by atoms with E-state index in [0.29, 0.717) is 37.7 Å². The molecule has 0 spiro atoms. The molecule has 11 heteroatoms. The summed E-state index contributed by atoms with van der Waals surface area (Å²) in [6, 6.07) is 0.609. The van der Waals surface area contributed by atoms with Crippen LogP contribution in [0.4, 0.5) is 0 Å². The van der Waals surface area contributed by atoms with Crippen LogP contribution in [0.1, 0.15) is 39.0 Å². The fraction of sp³-hybridized carbons (Fsp3) is 0.909. The summed E-state index contributed by atoms with van der Waals surface area (Å²) in [7, 11) is 1.82. The maximum absolute atomic E-state index is 13.4. The Hall–Kier alpha value is -0.950. The van der Waals surface area contributed by atoms with E-state index in [1.54, 1.807) is 11.8 Å². The number of amides is 2. The Morgan fingerprint density at radius 3 is 2.76 bits per heavy atom. The number of likely N-dealkylation sites (tertiary alicyclic amines) is 1. The van der Waals surface area contributed by atoms with E-state index in [1.165, 1.54) is 12.8 Å². The number of carbonyl (C=O) groups excluding carboxylic acids is 2. The third-order valence-corrected chi connectivity index (χ3v) is 9.46. The summed E-state index contributed by atoms with van der Waals surface area (Å²) in [6.07, 6.45) is 5.51. The molecule has 2 amide bonds. The number of methoxy groups -OCH3 is 1. The van der Waals surface area contributed by atoms with Gasteiger partial charge in [0.15, 0.2) is 6.17 Å². The smallest absolute Gasteiger partial charge is 0.256 e. The lowest BCUT2D eigenvalue weighted by Crippen LogP contribution is -2.55. The second-order valence-corrected chi connectivity index (χ2v) is 11.5. The molecule has 5 rings (SSSR count). The van der Waals surface area contributed by atoms with Crippen molar-refractivity contribution in [3.05, 3.63) is 0 Å². The lowest BCUT2D eigenvalue weighted by Gasteiger charge is -2.44. The van der Waals surface area contributed by atoms with Gasteiger partial charge in [-0.15, -0.1) is 11.8 Å². The third-order valence-electron chi connectivity index (χ3n) is 8.11. The van der Waals surface area contributed by atoms with E-state index < -0.39 is 6.17 Å². The molecule has 0 aromatic heterocycles. The van der Waals surface area contributed by atoms with Gasteiger partial charge in [0, 0.05) is 44.1 Å². The number of fused-ring (bicyclic) bond motifs is 1. The van der Waals surface area contributed by atoms with E-state index in [4.69, 9.17) is 9.57 Å². The molecule has 10 nitrogen and oxygen atoms in total. The van der Waals surface area contributed by atoms with Gasteiger partial charge in [-0.2, -0.15) is 5.48 Å². The summed E-state index contributed by atoms with van der Waals surface area (Å²) in [6.45, 7) is 4.60. The minimum Gasteiger partial charge on any atom is -0.381 e. The molecule has 0 bridgehead atoms. The third kappa shape index (κ3) is 5.05. The molecular weight excluding hydrogens is 444 g/mol. The van der Waals surface area contributed by atoms with Crippen LogP contribution in [0.25, 0.3) is 0 Å². The van der Waals surface area contributed by atoms with Crippen LogP contribution in [0.2, 0.25) is 0 Å². The molecule has 5 fully saturated rings. The van der Waals surface area contributed by atoms with Gasteiger partial charge in [0.25, 0.3) is 5.91 Å². The summed E-state index contributed by atoms with van der Waals surface area (Å²) in [5, 5.41) is 13.6. The molecule has 1 aliphatic carbocycles. The highest BCUT2D eigenvalue weighted by molar-refractivity contribution is 8.00. The molecule has 0 aromatic rings. The quantitative estimate of drug-likeness (QED) is 0.355. The van der Waals surface area contributed by atoms with E-state index in [1.807, 2.05) is 12.0 Å². The number of thioether (sulfide) groups is 1. The number of nitrogens with one attached hydrogen (secondary N) is 5. The Labute approximate surface area is 200 Å². The van der Waals surface area contributed by atoms with E-state index in [-0.39, 0.29) is 40.6 Å². The first-order valence-corrected chi connectivity index (χ1v) is 13.4. The minimum atomic E-state index is -0.474. The highest BCUT2D eigenvalue weighted by Crippen LogP contribution is 2.40. The van der Waals surface area contributed by atoms with Crippen LogP contribution in [0.15, 0.2) is 0 Å². The van der Waals surface area contributed by atoms with Crippen LogP contribution in [0, 0.1) is 17.8 Å². The van der Waals surface area contributed by atoms with Gasteiger partial charge in [-0.3, -0.25) is 25.1 Å². The Morgan fingerprint density at radius 1 is 1.15 bits per heavy atom. The summed E-state index contributed by atoms with van der Waals surface area (Å²) in [4.78, 5) is 32.9. The predicted octanol–water partition coefficient (Wildman–Crippen LogP) is -0.471. The lowest BCUT2D eigenvalue weighted by atomic mass is 9.68. The van der Waals surface area contributed by atoms with Crippen molar-refractivity contribution in [1.29, 1.82) is 0 Å². The molecule has 4 saturated heterocycles. The molecule has 186 valence electrons. The molecule has 4 aliphatic heterocycles. The van der Waals surface area contributed by atoms with Gasteiger partial charge in [0.2, 0.25) is 5.91 Å². The first kappa shape index (κ1) is 23.8. The van der Waals surface area contributed by atoms with Crippen molar-refractivity contribution in [2.45, 2.75) is 74.1 Å². The predicted molar refractivity (Wildman–Crippen MR) is 125 cm³/mol. The van der Waals surface area contributed by atoms with Gasteiger partial charge in [-0.25, -0.2) is 0 Å². The molecule has 9 unspecified atom stereocenters. The number of piperidine rings is 1. The number of hydrogen-bond acceptors (Lipinski definition) is 9. The van der Waals surface area contributed by atoms with Crippen molar-refractivity contribution in [3.8, 4) is 0 Å². The second-order valence-electron chi connectivity index (χ2n) is 10.2. The summed E-state index contributed by atoms with van der Waals surface area (Å²) < 4.78 is 5.85. The number of rotatable bonds is 5. The van der Waals surface area contributed by atoms with Crippen molar-refractivity contribution in [2.75, 3.05) is 33.5 Å². The zero-order chi connectivity index (χ0) is 22.9. The number of hydroxylamine groups is 1. The summed E-state index contributed by atoms with van der Waals surface area (Å²) in [5.74, 6) is 0.903. The van der Waals surface area contributed by atoms with Crippen molar-refractivity contribution < 1.29 is 19.2 Å². The monoisotopic (exact) mass is 482 g/mol. The molecule has 0 radical (unpaired) electrons. The van der Waals surface area contributed by atoms with Gasteiger partial charge in [-0.1, -0.05) is 12.8 Å². The Balaban J connectivity index is 1.16. The molecular formula is C22H38N6O4S. The molecule has 1 saturated carbocycles. The number of carbonyl (C=O) groups is 2. The Bertz CT molecular complexity index is 711. The molecule has 5 N–H and O–H groups in total. The largest absolute Gasteiger partial charge is 0.381 e. The van der Waals surface area contributed by atoms with Crippen LogP contribution in [-0.2, 0) is 19.2 Å². The fourth-order valence-corrected chi connectivity index (χ4v) is 7.80. The van der Waals surface area contributed by atoms with Crippen LogP contribution >= 0.6 is 11.8 Å². The van der Waals surface area contributed by atoms with Crippen molar-refractivity contribution in [3.63, 3.8) is 0 Å². The van der Waals surface area contributed by atoms with E-state index in [9.17, 15) is 9.59 Å². The standard InChI is InChI=1S/C22H38N6O4S/c1-12-7-14(13-5-3-4-6-17(13)31-2)15(8-23-12)20(29)26-22-25-16-9-28(10-18(16)33-22)21(30)19-24-11-32-27-19/h12-19,22-25,27H,3-11H2,1-2H3,(H,26,29). The Kier molecular flexibility index (Phi) is 7.46. The summed E-state index contributed by atoms with van der Waals surface area (Å²) in [5.41, 5.74) is 2.60. The first-order chi connectivity index (χ1) is 16.0. The topological polar surface area (TPSA) is 116 Å². The molecule has 5 aliphatic rings. The van der Waals surface area contributed by atoms with E-state index >= 15 is 0 Å². The number of nitrogens with zero attached hydrogens (tertiary/aromatic N) is 1. The highest BCUT2D eigenvalue weighted by atomic mass is 32.2. The Morgan fingerprint density at radius 2 is 2.00 bits per heavy atom. The first-order valence-electron chi connectivity index (χ1n) is 12.4. The normalized spacial score (nSPS) is 43.5. The highest BCUT2D eigenvalue weighted by Gasteiger charge is 2.47. The number of hydrogen-bond donors (Lipinski definition) is 5. The molecule has 9 atom stereocenters. The van der Waals surface area contributed by atoms with Crippen molar-refractivity contribution in [2.24, 2.45) is 17.8 Å². The second kappa shape index (κ2) is 10.3. The van der Waals surface area contributed by atoms with Gasteiger partial charge < -0.3 is 20.3 Å². The van der Waals surface area contributed by atoms with Crippen LogP contribution in [-0.4, -0.2) is 85.3 Å². The maximum Gasteiger partial charge on any atom is 0.256 e. The minimum absolute atomic E-state index is 0.00954. The average Bonchev–Trinajstić information content (AvgIpc) is 3.55. The van der Waals surface area contributed by atoms with Crippen LogP contribution < -0.4 is 26.7 Å². The number of ether oxygens (including phenoxy) is 1. The van der Waals surface area contributed by atoms with Gasteiger partial charge in [0.05, 0.1) is 12.0 Å². The molecule has 33 heavy (non-hydrogen) atoms. The average molecular weight is 483 g/mol. The fourth-order valence-electron chi connectivity index (χ4n) is 6.39. The zero-order valence-electron chi connectivity index (χ0n) is 19.5. The van der Waals surface area contributed by atoms with Crippen LogP contribution in [0.5, 0.6) is 0 Å². The van der Waals surface area contributed by atoms with Crippen LogP contribution in [0.3, 0.4) is 0 Å². The maximum atomic E-state index is 13.4. The zero-order valence-corrected chi connectivity index (χ0v) is 20.4. The van der Waals surface area contributed by atoms with Gasteiger partial charge >= 0.3 is 0 Å². The van der Waals surface area contributed by atoms with Gasteiger partial charge in [-0.05, 0) is 38.0 Å². The van der Waals surface area contributed by atoms with E-state index in [0.717, 1.165) is 25.8 Å². The van der Waals surface area contributed by atoms with Crippen molar-refractivity contribution >= 4 is 23.6 Å². The summed E-state index contributed by atoms with van der Waals surface area (Å²) >= 11 is 1.73. The SMILES string of the molecule is COC1CCCCC1C1CC(C)NCC1C(=O)NC1NC2CN(C(=O)C3NCON3)CC2S1. The van der Waals surface area contributed by atoms with E-state index in [2.05, 4.69) is 33.7 Å². The van der Waals surface area contributed by atoms with Crippen molar-refractivity contribution in [1.82, 2.24) is 31.6 Å². The molecule has 0 aromatic carbocycles. The van der Waals surface area contributed by atoms with Gasteiger partial charge in [0.1, 0.15) is 12.2 Å². The molecule has 4 heterocycles.